The number of aromatic nitrogens is 2. The zero-order valence-electron chi connectivity index (χ0n) is 12.7. The molecule has 116 valence electrons. The van der Waals surface area contributed by atoms with E-state index in [1.165, 1.54) is 19.3 Å². The van der Waals surface area contributed by atoms with E-state index in [1.54, 1.807) is 10.9 Å². The zero-order chi connectivity index (χ0) is 15.5. The van der Waals surface area contributed by atoms with E-state index >= 15 is 0 Å². The summed E-state index contributed by atoms with van der Waals surface area (Å²) in [5.74, 6) is 0. The van der Waals surface area contributed by atoms with Crippen molar-refractivity contribution < 1.29 is 4.79 Å². The van der Waals surface area contributed by atoms with Crippen molar-refractivity contribution in [3.05, 3.63) is 41.3 Å². The Kier molecular flexibility index (Phi) is 4.62. The van der Waals surface area contributed by atoms with Crippen molar-refractivity contribution in [1.29, 1.82) is 0 Å². The lowest BCUT2D eigenvalue weighted by Crippen LogP contribution is -2.40. The zero-order valence-corrected chi connectivity index (χ0v) is 14.3. The quantitative estimate of drug-likeness (QED) is 0.786. The Hall–Kier alpha value is -1.62. The largest absolute Gasteiger partial charge is 0.329 e. The molecule has 1 aliphatic carbocycles. The molecule has 0 unspecified atom stereocenters. The molecule has 2 aromatic rings. The van der Waals surface area contributed by atoms with E-state index in [1.807, 2.05) is 42.4 Å². The van der Waals surface area contributed by atoms with Crippen LogP contribution in [-0.4, -0.2) is 33.6 Å². The number of benzene rings is 1. The van der Waals surface area contributed by atoms with Gasteiger partial charge in [0, 0.05) is 29.3 Å². The number of hydrogen-bond acceptors (Lipinski definition) is 2. The van der Waals surface area contributed by atoms with Gasteiger partial charge >= 0.3 is 6.03 Å². The van der Waals surface area contributed by atoms with Gasteiger partial charge in [-0.15, -0.1) is 0 Å². The summed E-state index contributed by atoms with van der Waals surface area (Å²) in [4.78, 5) is 18.8. The summed E-state index contributed by atoms with van der Waals surface area (Å²) in [5, 5.41) is 0. The third kappa shape index (κ3) is 3.24. The van der Waals surface area contributed by atoms with E-state index in [4.69, 9.17) is 0 Å². The van der Waals surface area contributed by atoms with Crippen LogP contribution in [0.2, 0.25) is 0 Å². The molecule has 5 heteroatoms. The standard InChI is InChI=1S/C17H20BrN3O/c1-20(15-8-3-2-4-9-15)17(22)21-11-16(19-12-21)13-6-5-7-14(18)10-13/h5-7,10-12,15H,2-4,8-9H2,1H3. The van der Waals surface area contributed by atoms with Crippen LogP contribution in [0.1, 0.15) is 32.1 Å². The fraction of sp³-hybridized carbons (Fsp3) is 0.412. The minimum absolute atomic E-state index is 0.000599. The molecule has 0 aliphatic heterocycles. The average Bonchev–Trinajstić information content (AvgIpc) is 3.04. The molecule has 1 aliphatic rings. The SMILES string of the molecule is CN(C(=O)n1cnc(-c2cccc(Br)c2)c1)C1CCCCC1. The van der Waals surface area contributed by atoms with Crippen LogP contribution in [0, 0.1) is 0 Å². The molecule has 1 heterocycles. The molecule has 1 fully saturated rings. The smallest absolute Gasteiger partial charge is 0.324 e. The monoisotopic (exact) mass is 361 g/mol. The van der Waals surface area contributed by atoms with E-state index in [0.717, 1.165) is 28.6 Å². The first-order valence-corrected chi connectivity index (χ1v) is 8.51. The number of imidazole rings is 1. The van der Waals surface area contributed by atoms with Gasteiger partial charge in [0.2, 0.25) is 0 Å². The Morgan fingerprint density at radius 2 is 2.09 bits per heavy atom. The van der Waals surface area contributed by atoms with E-state index in [2.05, 4.69) is 20.9 Å². The van der Waals surface area contributed by atoms with Gasteiger partial charge in [0.1, 0.15) is 6.33 Å². The van der Waals surface area contributed by atoms with E-state index in [9.17, 15) is 4.79 Å². The maximum Gasteiger partial charge on any atom is 0.329 e. The number of carbonyl (C=O) groups excluding carboxylic acids is 1. The minimum atomic E-state index is 0.000599. The van der Waals surface area contributed by atoms with Crippen molar-refractivity contribution in [2.24, 2.45) is 0 Å². The summed E-state index contributed by atoms with van der Waals surface area (Å²) >= 11 is 3.46. The van der Waals surface area contributed by atoms with E-state index in [-0.39, 0.29) is 6.03 Å². The van der Waals surface area contributed by atoms with Gasteiger partial charge in [-0.1, -0.05) is 47.3 Å². The molecule has 0 saturated heterocycles. The Labute approximate surface area is 139 Å². The molecule has 1 saturated carbocycles. The van der Waals surface area contributed by atoms with Crippen LogP contribution in [-0.2, 0) is 0 Å². The number of amides is 1. The van der Waals surface area contributed by atoms with Gasteiger partial charge in [0.15, 0.2) is 0 Å². The van der Waals surface area contributed by atoms with Crippen molar-refractivity contribution in [2.45, 2.75) is 38.1 Å². The number of carbonyl (C=O) groups is 1. The highest BCUT2D eigenvalue weighted by Crippen LogP contribution is 2.24. The summed E-state index contributed by atoms with van der Waals surface area (Å²) in [6.07, 6.45) is 9.35. The lowest BCUT2D eigenvalue weighted by Gasteiger charge is -2.31. The van der Waals surface area contributed by atoms with E-state index < -0.39 is 0 Å². The van der Waals surface area contributed by atoms with Gasteiger partial charge in [-0.25, -0.2) is 9.78 Å². The number of nitrogens with zero attached hydrogens (tertiary/aromatic N) is 3. The van der Waals surface area contributed by atoms with Crippen LogP contribution in [0.15, 0.2) is 41.3 Å². The summed E-state index contributed by atoms with van der Waals surface area (Å²) in [6, 6.07) is 8.30. The number of rotatable bonds is 2. The summed E-state index contributed by atoms with van der Waals surface area (Å²) in [6.45, 7) is 0. The van der Waals surface area contributed by atoms with Gasteiger partial charge in [-0.3, -0.25) is 4.57 Å². The summed E-state index contributed by atoms with van der Waals surface area (Å²) in [7, 11) is 1.90. The highest BCUT2D eigenvalue weighted by Gasteiger charge is 2.23. The summed E-state index contributed by atoms with van der Waals surface area (Å²) in [5.41, 5.74) is 1.81. The normalized spacial score (nSPS) is 15.7. The maximum atomic E-state index is 12.6. The molecule has 3 rings (SSSR count). The first kappa shape index (κ1) is 15.3. The van der Waals surface area contributed by atoms with Crippen LogP contribution in [0.3, 0.4) is 0 Å². The second-order valence-corrected chi connectivity index (χ2v) is 6.78. The predicted molar refractivity (Wildman–Crippen MR) is 90.8 cm³/mol. The fourth-order valence-electron chi connectivity index (χ4n) is 3.03. The highest BCUT2D eigenvalue weighted by atomic mass is 79.9. The molecule has 0 bridgehead atoms. The first-order valence-electron chi connectivity index (χ1n) is 7.72. The van der Waals surface area contributed by atoms with Crippen molar-refractivity contribution in [2.75, 3.05) is 7.05 Å². The van der Waals surface area contributed by atoms with Crippen LogP contribution in [0.5, 0.6) is 0 Å². The third-order valence-corrected chi connectivity index (χ3v) is 4.84. The van der Waals surface area contributed by atoms with E-state index in [0.29, 0.717) is 6.04 Å². The minimum Gasteiger partial charge on any atom is -0.324 e. The molecule has 0 N–H and O–H groups in total. The van der Waals surface area contributed by atoms with Gasteiger partial charge < -0.3 is 4.90 Å². The Morgan fingerprint density at radius 1 is 1.32 bits per heavy atom. The van der Waals surface area contributed by atoms with Crippen LogP contribution in [0.4, 0.5) is 4.79 Å². The molecule has 1 aromatic carbocycles. The second-order valence-electron chi connectivity index (χ2n) is 5.86. The number of halogens is 1. The molecule has 1 amide bonds. The Morgan fingerprint density at radius 3 is 2.82 bits per heavy atom. The molecular formula is C17H20BrN3O. The van der Waals surface area contributed by atoms with Gasteiger partial charge in [-0.05, 0) is 25.0 Å². The summed E-state index contributed by atoms with van der Waals surface area (Å²) < 4.78 is 2.59. The van der Waals surface area contributed by atoms with Crippen molar-refractivity contribution in [3.63, 3.8) is 0 Å². The predicted octanol–water partition coefficient (Wildman–Crippen LogP) is 4.55. The van der Waals surface area contributed by atoms with Crippen molar-refractivity contribution in [1.82, 2.24) is 14.5 Å². The molecule has 1 aromatic heterocycles. The molecule has 0 spiro atoms. The van der Waals surface area contributed by atoms with Crippen LogP contribution < -0.4 is 0 Å². The maximum absolute atomic E-state index is 12.6. The molecule has 0 radical (unpaired) electrons. The molecule has 4 nitrogen and oxygen atoms in total. The fourth-order valence-corrected chi connectivity index (χ4v) is 3.43. The first-order chi connectivity index (χ1) is 10.6. The Bertz CT molecular complexity index is 661. The van der Waals surface area contributed by atoms with Gasteiger partial charge in [-0.2, -0.15) is 0 Å². The van der Waals surface area contributed by atoms with Crippen LogP contribution >= 0.6 is 15.9 Å². The van der Waals surface area contributed by atoms with Gasteiger partial charge in [0.05, 0.1) is 5.69 Å². The lowest BCUT2D eigenvalue weighted by molar-refractivity contribution is 0.175. The molecule has 22 heavy (non-hydrogen) atoms. The number of hydrogen-bond donors (Lipinski definition) is 0. The topological polar surface area (TPSA) is 38.1 Å². The third-order valence-electron chi connectivity index (χ3n) is 4.35. The van der Waals surface area contributed by atoms with Gasteiger partial charge in [0.25, 0.3) is 0 Å². The average molecular weight is 362 g/mol. The lowest BCUT2D eigenvalue weighted by atomic mass is 9.95. The molecule has 0 atom stereocenters. The second kappa shape index (κ2) is 6.65. The van der Waals surface area contributed by atoms with Crippen molar-refractivity contribution in [3.8, 4) is 11.3 Å². The highest BCUT2D eigenvalue weighted by molar-refractivity contribution is 9.10. The molecular weight excluding hydrogens is 342 g/mol. The van der Waals surface area contributed by atoms with Crippen molar-refractivity contribution >= 4 is 22.0 Å². The Balaban J connectivity index is 1.76. The van der Waals surface area contributed by atoms with Crippen LogP contribution in [0.25, 0.3) is 11.3 Å².